The average molecular weight is 198 g/mol. The maximum Gasteiger partial charge on any atom is 0.0114 e. The molecular formula is C15H18. The summed E-state index contributed by atoms with van der Waals surface area (Å²) in [5.41, 5.74) is 6.82. The molecular weight excluding hydrogens is 180 g/mol. The summed E-state index contributed by atoms with van der Waals surface area (Å²) in [7, 11) is 0. The van der Waals surface area contributed by atoms with Gasteiger partial charge in [-0.15, -0.1) is 0 Å². The van der Waals surface area contributed by atoms with Crippen molar-refractivity contribution < 1.29 is 0 Å². The van der Waals surface area contributed by atoms with Crippen molar-refractivity contribution in [3.63, 3.8) is 0 Å². The van der Waals surface area contributed by atoms with Gasteiger partial charge in [0.15, 0.2) is 0 Å². The molecule has 0 saturated carbocycles. The van der Waals surface area contributed by atoms with E-state index >= 15 is 0 Å². The van der Waals surface area contributed by atoms with Crippen LogP contribution in [0.25, 0.3) is 5.57 Å². The molecule has 0 aromatic heterocycles. The molecule has 0 atom stereocenters. The van der Waals surface area contributed by atoms with E-state index in [9.17, 15) is 0 Å². The summed E-state index contributed by atoms with van der Waals surface area (Å²) in [5, 5.41) is 0. The molecule has 15 heavy (non-hydrogen) atoms. The van der Waals surface area contributed by atoms with E-state index in [-0.39, 0.29) is 5.41 Å². The molecule has 78 valence electrons. The fourth-order valence-corrected chi connectivity index (χ4v) is 2.39. The van der Waals surface area contributed by atoms with Gasteiger partial charge in [-0.3, -0.25) is 0 Å². The zero-order chi connectivity index (χ0) is 11.2. The monoisotopic (exact) mass is 198 g/mol. The van der Waals surface area contributed by atoms with Crippen LogP contribution in [0.4, 0.5) is 0 Å². The van der Waals surface area contributed by atoms with Gasteiger partial charge in [-0.1, -0.05) is 50.3 Å². The van der Waals surface area contributed by atoms with Crippen LogP contribution in [0.2, 0.25) is 0 Å². The molecule has 0 amide bonds. The molecule has 0 nitrogen and oxygen atoms in total. The molecule has 0 fully saturated rings. The summed E-state index contributed by atoms with van der Waals surface area (Å²) in [6, 6.07) is 8.60. The van der Waals surface area contributed by atoms with Gasteiger partial charge in [0.1, 0.15) is 0 Å². The van der Waals surface area contributed by atoms with Crippen LogP contribution >= 0.6 is 0 Å². The molecule has 0 spiro atoms. The fraction of sp³-hybridized carbons (Fsp3) is 0.333. The zero-order valence-corrected chi connectivity index (χ0v) is 10.0. The van der Waals surface area contributed by atoms with Crippen LogP contribution in [0.1, 0.15) is 38.8 Å². The van der Waals surface area contributed by atoms with E-state index in [1.165, 1.54) is 27.8 Å². The van der Waals surface area contributed by atoms with Crippen molar-refractivity contribution in [1.29, 1.82) is 0 Å². The fourth-order valence-electron chi connectivity index (χ4n) is 2.39. The highest BCUT2D eigenvalue weighted by atomic mass is 14.4. The van der Waals surface area contributed by atoms with E-state index in [2.05, 4.69) is 58.5 Å². The average Bonchev–Trinajstić information content (AvgIpc) is 2.24. The maximum absolute atomic E-state index is 4.19. The Morgan fingerprint density at radius 1 is 1.07 bits per heavy atom. The third-order valence-corrected chi connectivity index (χ3v) is 3.88. The van der Waals surface area contributed by atoms with Gasteiger partial charge in [0.05, 0.1) is 0 Å². The van der Waals surface area contributed by atoms with Crippen LogP contribution in [0.5, 0.6) is 0 Å². The summed E-state index contributed by atoms with van der Waals surface area (Å²) in [6.45, 7) is 13.2. The normalized spacial score (nSPS) is 19.1. The molecule has 1 aliphatic rings. The molecule has 0 N–H and O–H groups in total. The number of fused-ring (bicyclic) bond motifs is 1. The third kappa shape index (κ3) is 1.28. The van der Waals surface area contributed by atoms with E-state index in [1.54, 1.807) is 0 Å². The van der Waals surface area contributed by atoms with Crippen LogP contribution in [-0.4, -0.2) is 0 Å². The molecule has 0 aliphatic heterocycles. The minimum absolute atomic E-state index is 0.141. The Morgan fingerprint density at radius 2 is 1.67 bits per heavy atom. The van der Waals surface area contributed by atoms with Crippen molar-refractivity contribution >= 4 is 5.57 Å². The predicted molar refractivity (Wildman–Crippen MR) is 66.9 cm³/mol. The molecule has 2 rings (SSSR count). The van der Waals surface area contributed by atoms with E-state index < -0.39 is 0 Å². The molecule has 1 aliphatic carbocycles. The lowest BCUT2D eigenvalue weighted by Gasteiger charge is -2.36. The zero-order valence-electron chi connectivity index (χ0n) is 10.0. The van der Waals surface area contributed by atoms with Crippen molar-refractivity contribution in [1.82, 2.24) is 0 Å². The molecule has 0 heteroatoms. The van der Waals surface area contributed by atoms with Gasteiger partial charge < -0.3 is 0 Å². The van der Waals surface area contributed by atoms with Gasteiger partial charge in [0, 0.05) is 5.41 Å². The van der Waals surface area contributed by atoms with Crippen LogP contribution in [-0.2, 0) is 5.41 Å². The topological polar surface area (TPSA) is 0 Å². The van der Waals surface area contributed by atoms with Crippen molar-refractivity contribution in [3.8, 4) is 0 Å². The number of hydrogen-bond acceptors (Lipinski definition) is 0. The first kappa shape index (κ1) is 10.2. The Labute approximate surface area is 92.3 Å². The van der Waals surface area contributed by atoms with Crippen molar-refractivity contribution in [2.75, 3.05) is 0 Å². The lowest BCUT2D eigenvalue weighted by molar-refractivity contribution is 0.610. The van der Waals surface area contributed by atoms with E-state index in [4.69, 9.17) is 0 Å². The number of benzene rings is 1. The summed E-state index contributed by atoms with van der Waals surface area (Å²) < 4.78 is 0. The van der Waals surface area contributed by atoms with E-state index in [0.717, 1.165) is 0 Å². The predicted octanol–water partition coefficient (Wildman–Crippen LogP) is 4.33. The molecule has 0 bridgehead atoms. The molecule has 0 saturated heterocycles. The second kappa shape index (κ2) is 3.10. The quantitative estimate of drug-likeness (QED) is 0.582. The minimum Gasteiger partial charge on any atom is -0.0909 e. The molecule has 0 radical (unpaired) electrons. The van der Waals surface area contributed by atoms with Gasteiger partial charge in [-0.2, -0.15) is 0 Å². The summed E-state index contributed by atoms with van der Waals surface area (Å²) in [5.74, 6) is 0. The highest BCUT2D eigenvalue weighted by Gasteiger charge is 2.31. The Bertz CT molecular complexity index is 459. The van der Waals surface area contributed by atoms with E-state index in [0.29, 0.717) is 0 Å². The first-order chi connectivity index (χ1) is 6.96. The first-order valence-corrected chi connectivity index (χ1v) is 5.43. The second-order valence-corrected chi connectivity index (χ2v) is 4.90. The van der Waals surface area contributed by atoms with Gasteiger partial charge >= 0.3 is 0 Å². The minimum atomic E-state index is 0.141. The number of hydrogen-bond donors (Lipinski definition) is 0. The molecule has 0 heterocycles. The summed E-state index contributed by atoms with van der Waals surface area (Å²) >= 11 is 0. The van der Waals surface area contributed by atoms with Crippen LogP contribution < -0.4 is 0 Å². The summed E-state index contributed by atoms with van der Waals surface area (Å²) in [6.07, 6.45) is 0. The van der Waals surface area contributed by atoms with Gasteiger partial charge in [0.25, 0.3) is 0 Å². The molecule has 1 aromatic carbocycles. The summed E-state index contributed by atoms with van der Waals surface area (Å²) in [4.78, 5) is 0. The van der Waals surface area contributed by atoms with Crippen LogP contribution in [0.15, 0.2) is 42.0 Å². The third-order valence-electron chi connectivity index (χ3n) is 3.88. The van der Waals surface area contributed by atoms with Gasteiger partial charge in [0.2, 0.25) is 0 Å². The van der Waals surface area contributed by atoms with Crippen molar-refractivity contribution in [2.24, 2.45) is 0 Å². The lowest BCUT2D eigenvalue weighted by atomic mass is 9.68. The van der Waals surface area contributed by atoms with E-state index in [1.807, 2.05) is 0 Å². The second-order valence-electron chi connectivity index (χ2n) is 4.90. The standard InChI is InChI=1S/C15H18/c1-10-11(2)13-8-6-7-9-14(13)15(4,5)12(10)3/h6-9H,2H2,1,3-5H3. The molecule has 0 unspecified atom stereocenters. The lowest BCUT2D eigenvalue weighted by Crippen LogP contribution is -2.25. The number of rotatable bonds is 0. The maximum atomic E-state index is 4.19. The van der Waals surface area contributed by atoms with Crippen molar-refractivity contribution in [2.45, 2.75) is 33.1 Å². The highest BCUT2D eigenvalue weighted by Crippen LogP contribution is 2.44. The largest absolute Gasteiger partial charge is 0.0909 e. The SMILES string of the molecule is C=C1C(C)=C(C)C(C)(C)c2ccccc21. The van der Waals surface area contributed by atoms with Gasteiger partial charge in [-0.25, -0.2) is 0 Å². The Morgan fingerprint density at radius 3 is 2.33 bits per heavy atom. The van der Waals surface area contributed by atoms with Crippen molar-refractivity contribution in [3.05, 3.63) is 53.1 Å². The highest BCUT2D eigenvalue weighted by molar-refractivity contribution is 5.83. The Balaban J connectivity index is 2.77. The van der Waals surface area contributed by atoms with Crippen LogP contribution in [0.3, 0.4) is 0 Å². The van der Waals surface area contributed by atoms with Crippen LogP contribution in [0, 0.1) is 0 Å². The Hall–Kier alpha value is -1.30. The first-order valence-electron chi connectivity index (χ1n) is 5.43. The van der Waals surface area contributed by atoms with Gasteiger partial charge in [-0.05, 0) is 36.1 Å². The molecule has 1 aromatic rings. The smallest absolute Gasteiger partial charge is 0.0114 e. The number of allylic oxidation sites excluding steroid dienone is 3. The Kier molecular flexibility index (Phi) is 2.11.